The van der Waals surface area contributed by atoms with Crippen LogP contribution in [0.5, 0.6) is 0 Å². The molecule has 14 heavy (non-hydrogen) atoms. The van der Waals surface area contributed by atoms with Crippen LogP contribution in [0, 0.1) is 16.7 Å². The lowest BCUT2D eigenvalue weighted by atomic mass is 9.87. The highest BCUT2D eigenvalue weighted by Gasteiger charge is 2.38. The van der Waals surface area contributed by atoms with Crippen LogP contribution >= 0.6 is 0 Å². The third kappa shape index (κ3) is 1.08. The van der Waals surface area contributed by atoms with Gasteiger partial charge in [-0.15, -0.1) is 0 Å². The van der Waals surface area contributed by atoms with Crippen LogP contribution in [0.1, 0.15) is 11.1 Å². The highest BCUT2D eigenvalue weighted by Crippen LogP contribution is 2.35. The van der Waals surface area contributed by atoms with Crippen LogP contribution in [0.3, 0.4) is 0 Å². The van der Waals surface area contributed by atoms with Crippen LogP contribution < -0.4 is 5.11 Å². The van der Waals surface area contributed by atoms with Gasteiger partial charge in [-0.25, -0.2) is 0 Å². The molecule has 0 saturated carbocycles. The van der Waals surface area contributed by atoms with Crippen LogP contribution in [0.4, 0.5) is 0 Å². The summed E-state index contributed by atoms with van der Waals surface area (Å²) in [5, 5.41) is 19.8. The predicted molar refractivity (Wildman–Crippen MR) is 46.9 cm³/mol. The SMILES string of the molecule is N#CC1(C(=O)[O-])Cc2ccccc2C1. The number of nitrogens with zero attached hydrogens (tertiary/aromatic N) is 1. The summed E-state index contributed by atoms with van der Waals surface area (Å²) < 4.78 is 0. The maximum Gasteiger partial charge on any atom is 0.105 e. The average Bonchev–Trinajstić information content (AvgIpc) is 2.57. The molecule has 0 aliphatic heterocycles. The molecule has 3 nitrogen and oxygen atoms in total. The first-order chi connectivity index (χ1) is 6.68. The number of benzene rings is 1. The van der Waals surface area contributed by atoms with Gasteiger partial charge in [-0.05, 0) is 24.0 Å². The topological polar surface area (TPSA) is 63.9 Å². The lowest BCUT2D eigenvalue weighted by Gasteiger charge is -2.20. The second-order valence-corrected chi connectivity index (χ2v) is 3.60. The van der Waals surface area contributed by atoms with Crippen LogP contribution in [-0.2, 0) is 17.6 Å². The van der Waals surface area contributed by atoms with E-state index in [0.717, 1.165) is 11.1 Å². The van der Waals surface area contributed by atoms with E-state index < -0.39 is 11.4 Å². The second-order valence-electron chi connectivity index (χ2n) is 3.60. The minimum atomic E-state index is -1.34. The maximum absolute atomic E-state index is 10.9. The van der Waals surface area contributed by atoms with E-state index in [9.17, 15) is 9.90 Å². The van der Waals surface area contributed by atoms with Gasteiger partial charge in [0.1, 0.15) is 5.41 Å². The van der Waals surface area contributed by atoms with Crippen molar-refractivity contribution in [2.45, 2.75) is 12.8 Å². The number of fused-ring (bicyclic) bond motifs is 1. The van der Waals surface area contributed by atoms with E-state index in [0.29, 0.717) is 0 Å². The maximum atomic E-state index is 10.9. The van der Waals surface area contributed by atoms with Gasteiger partial charge in [0, 0.05) is 0 Å². The summed E-state index contributed by atoms with van der Waals surface area (Å²) in [6, 6.07) is 9.28. The zero-order valence-electron chi connectivity index (χ0n) is 7.49. The van der Waals surface area contributed by atoms with Gasteiger partial charge >= 0.3 is 0 Å². The highest BCUT2D eigenvalue weighted by atomic mass is 16.4. The number of carbonyl (C=O) groups is 1. The Morgan fingerprint density at radius 3 is 2.21 bits per heavy atom. The summed E-state index contributed by atoms with van der Waals surface area (Å²) in [7, 11) is 0. The standard InChI is InChI=1S/C11H9NO2/c12-7-11(10(13)14)5-8-3-1-2-4-9(8)6-11/h1-4H,5-6H2,(H,13,14)/p-1. The molecule has 1 aliphatic rings. The van der Waals surface area contributed by atoms with Gasteiger partial charge in [0.25, 0.3) is 0 Å². The van der Waals surface area contributed by atoms with Crippen molar-refractivity contribution in [2.24, 2.45) is 5.41 Å². The van der Waals surface area contributed by atoms with Crippen LogP contribution in [-0.4, -0.2) is 5.97 Å². The van der Waals surface area contributed by atoms with Crippen molar-refractivity contribution in [3.05, 3.63) is 35.4 Å². The van der Waals surface area contributed by atoms with E-state index in [4.69, 9.17) is 5.26 Å². The van der Waals surface area contributed by atoms with E-state index in [1.54, 1.807) is 0 Å². The molecular formula is C11H8NO2-. The van der Waals surface area contributed by atoms with Crippen molar-refractivity contribution < 1.29 is 9.90 Å². The number of hydrogen-bond acceptors (Lipinski definition) is 3. The van der Waals surface area contributed by atoms with E-state index in [2.05, 4.69) is 0 Å². The fourth-order valence-electron chi connectivity index (χ4n) is 1.88. The molecule has 1 aromatic rings. The predicted octanol–water partition coefficient (Wildman–Crippen LogP) is 0.0451. The summed E-state index contributed by atoms with van der Waals surface area (Å²) in [5.41, 5.74) is 0.542. The third-order valence-corrected chi connectivity index (χ3v) is 2.71. The van der Waals surface area contributed by atoms with Crippen molar-refractivity contribution in [2.75, 3.05) is 0 Å². The molecule has 3 heteroatoms. The largest absolute Gasteiger partial charge is 0.548 e. The quantitative estimate of drug-likeness (QED) is 0.622. The fourth-order valence-corrected chi connectivity index (χ4v) is 1.88. The first kappa shape index (κ1) is 8.76. The molecule has 0 radical (unpaired) electrons. The van der Waals surface area contributed by atoms with E-state index in [-0.39, 0.29) is 12.8 Å². The number of rotatable bonds is 1. The Kier molecular flexibility index (Phi) is 1.78. The summed E-state index contributed by atoms with van der Waals surface area (Å²) >= 11 is 0. The molecule has 1 aliphatic carbocycles. The van der Waals surface area contributed by atoms with Crippen LogP contribution in [0.25, 0.3) is 0 Å². The molecule has 0 atom stereocenters. The van der Waals surface area contributed by atoms with Gasteiger partial charge in [-0.2, -0.15) is 5.26 Å². The molecule has 1 aromatic carbocycles. The molecule has 0 amide bonds. The van der Waals surface area contributed by atoms with Gasteiger partial charge in [0.15, 0.2) is 0 Å². The van der Waals surface area contributed by atoms with Crippen LogP contribution in [0.2, 0.25) is 0 Å². The molecule has 0 fully saturated rings. The first-order valence-electron chi connectivity index (χ1n) is 4.37. The summed E-state index contributed by atoms with van der Waals surface area (Å²) in [5.74, 6) is -1.27. The average molecular weight is 186 g/mol. The van der Waals surface area contributed by atoms with Crippen molar-refractivity contribution in [1.29, 1.82) is 5.26 Å². The third-order valence-electron chi connectivity index (χ3n) is 2.71. The number of carboxylic acid groups (broad SMARTS) is 1. The molecule has 0 saturated heterocycles. The number of aliphatic carboxylic acids is 1. The molecule has 70 valence electrons. The van der Waals surface area contributed by atoms with Crippen LogP contribution in [0.15, 0.2) is 24.3 Å². The minimum absolute atomic E-state index is 0.266. The van der Waals surface area contributed by atoms with E-state index >= 15 is 0 Å². The molecule has 0 spiro atoms. The molecule has 0 unspecified atom stereocenters. The molecule has 0 N–H and O–H groups in total. The molecule has 0 heterocycles. The molecule has 0 aromatic heterocycles. The summed E-state index contributed by atoms with van der Waals surface area (Å²) in [6.07, 6.45) is 0.532. The van der Waals surface area contributed by atoms with Gasteiger partial charge in [-0.1, -0.05) is 24.3 Å². The number of carboxylic acids is 1. The van der Waals surface area contributed by atoms with Crippen molar-refractivity contribution in [3.8, 4) is 6.07 Å². The van der Waals surface area contributed by atoms with Crippen molar-refractivity contribution in [3.63, 3.8) is 0 Å². The Morgan fingerprint density at radius 2 is 1.86 bits per heavy atom. The van der Waals surface area contributed by atoms with Gasteiger partial charge < -0.3 is 9.90 Å². The van der Waals surface area contributed by atoms with Gasteiger partial charge in [0.05, 0.1) is 12.0 Å². The smallest absolute Gasteiger partial charge is 0.105 e. The van der Waals surface area contributed by atoms with Gasteiger partial charge in [-0.3, -0.25) is 0 Å². The minimum Gasteiger partial charge on any atom is -0.548 e. The molecule has 0 bridgehead atoms. The lowest BCUT2D eigenvalue weighted by molar-refractivity contribution is -0.315. The monoisotopic (exact) mass is 186 g/mol. The van der Waals surface area contributed by atoms with E-state index in [1.165, 1.54) is 0 Å². The van der Waals surface area contributed by atoms with E-state index in [1.807, 2.05) is 30.3 Å². The normalized spacial score (nSPS) is 17.1. The highest BCUT2D eigenvalue weighted by molar-refractivity contribution is 5.78. The summed E-state index contributed by atoms with van der Waals surface area (Å²) in [4.78, 5) is 10.9. The molecular weight excluding hydrogens is 178 g/mol. The number of hydrogen-bond donors (Lipinski definition) is 0. The Bertz CT molecular complexity index is 406. The second kappa shape index (κ2) is 2.85. The number of carbonyl (C=O) groups excluding carboxylic acids is 1. The Balaban J connectivity index is 2.44. The van der Waals surface area contributed by atoms with Crippen molar-refractivity contribution >= 4 is 5.97 Å². The lowest BCUT2D eigenvalue weighted by Crippen LogP contribution is -2.42. The summed E-state index contributed by atoms with van der Waals surface area (Å²) in [6.45, 7) is 0. The number of nitriles is 1. The Hall–Kier alpha value is -1.82. The van der Waals surface area contributed by atoms with Crippen molar-refractivity contribution in [1.82, 2.24) is 0 Å². The first-order valence-corrected chi connectivity index (χ1v) is 4.37. The zero-order chi connectivity index (χ0) is 10.2. The van der Waals surface area contributed by atoms with Gasteiger partial charge in [0.2, 0.25) is 0 Å². The molecule has 2 rings (SSSR count). The Labute approximate surface area is 81.6 Å². The fraction of sp³-hybridized carbons (Fsp3) is 0.273. The zero-order valence-corrected chi connectivity index (χ0v) is 7.49. The Morgan fingerprint density at radius 1 is 1.36 bits per heavy atom.